The molecule has 1 aliphatic heterocycles. The van der Waals surface area contributed by atoms with Crippen LogP contribution in [0.4, 0.5) is 0 Å². The number of aryl methyl sites for hydroxylation is 1. The number of rotatable bonds is 4. The maximum absolute atomic E-state index is 5.94. The third-order valence-electron chi connectivity index (χ3n) is 3.54. The third kappa shape index (κ3) is 2.79. The molecule has 0 fully saturated rings. The van der Waals surface area contributed by atoms with Crippen molar-refractivity contribution >= 4 is 0 Å². The number of ether oxygens (including phenoxy) is 1. The lowest BCUT2D eigenvalue weighted by Crippen LogP contribution is -2.41. The molecule has 0 bridgehead atoms. The number of hydrogen-bond donors (Lipinski definition) is 1. The van der Waals surface area contributed by atoms with Gasteiger partial charge in [0.15, 0.2) is 0 Å². The first kappa shape index (κ1) is 12.4. The van der Waals surface area contributed by atoms with E-state index in [4.69, 9.17) is 10.5 Å². The molecular weight excluding hydrogens is 212 g/mol. The van der Waals surface area contributed by atoms with E-state index in [1.54, 1.807) is 0 Å². The molecular formula is C14H22N2O. The summed E-state index contributed by atoms with van der Waals surface area (Å²) in [6.45, 7) is 5.89. The van der Waals surface area contributed by atoms with Crippen molar-refractivity contribution in [2.45, 2.75) is 32.4 Å². The van der Waals surface area contributed by atoms with Gasteiger partial charge >= 0.3 is 0 Å². The molecule has 3 heteroatoms. The summed E-state index contributed by atoms with van der Waals surface area (Å²) in [6, 6.07) is 6.82. The summed E-state index contributed by atoms with van der Waals surface area (Å²) in [5.74, 6) is 1.05. The molecule has 0 aliphatic carbocycles. The normalized spacial score (nSPS) is 20.2. The third-order valence-corrected chi connectivity index (χ3v) is 3.54. The first-order valence-corrected chi connectivity index (χ1v) is 6.26. The number of fused-ring (bicyclic) bond motifs is 1. The Balaban J connectivity index is 1.96. The highest BCUT2D eigenvalue weighted by molar-refractivity contribution is 5.40. The van der Waals surface area contributed by atoms with E-state index in [1.165, 1.54) is 11.1 Å². The molecule has 1 aromatic rings. The van der Waals surface area contributed by atoms with E-state index >= 15 is 0 Å². The molecule has 0 amide bonds. The van der Waals surface area contributed by atoms with Gasteiger partial charge in [-0.2, -0.15) is 0 Å². The maximum Gasteiger partial charge on any atom is 0.123 e. The van der Waals surface area contributed by atoms with Gasteiger partial charge in [0.2, 0.25) is 0 Å². The zero-order valence-corrected chi connectivity index (χ0v) is 10.9. The molecule has 1 aliphatic rings. The molecule has 2 atom stereocenters. The Morgan fingerprint density at radius 3 is 3.00 bits per heavy atom. The van der Waals surface area contributed by atoms with Gasteiger partial charge in [0, 0.05) is 25.6 Å². The second-order valence-electron chi connectivity index (χ2n) is 5.08. The second kappa shape index (κ2) is 5.07. The zero-order valence-electron chi connectivity index (χ0n) is 10.9. The quantitative estimate of drug-likeness (QED) is 0.859. The number of nitrogens with zero attached hydrogens (tertiary/aromatic N) is 1. The molecule has 1 aromatic carbocycles. The molecule has 0 aromatic heterocycles. The van der Waals surface area contributed by atoms with E-state index in [9.17, 15) is 0 Å². The smallest absolute Gasteiger partial charge is 0.123 e. The Labute approximate surface area is 104 Å². The summed E-state index contributed by atoms with van der Waals surface area (Å²) in [4.78, 5) is 2.27. The van der Waals surface area contributed by atoms with Gasteiger partial charge in [0.05, 0.1) is 0 Å². The Bertz CT molecular complexity index is 392. The summed E-state index contributed by atoms with van der Waals surface area (Å²) in [7, 11) is 2.11. The van der Waals surface area contributed by atoms with Crippen molar-refractivity contribution in [1.29, 1.82) is 0 Å². The van der Waals surface area contributed by atoms with Crippen LogP contribution in [0.5, 0.6) is 5.75 Å². The van der Waals surface area contributed by atoms with Gasteiger partial charge < -0.3 is 10.5 Å². The molecule has 94 valence electrons. The summed E-state index contributed by atoms with van der Waals surface area (Å²) >= 11 is 0. The van der Waals surface area contributed by atoms with Crippen LogP contribution in [0.15, 0.2) is 18.2 Å². The van der Waals surface area contributed by atoms with E-state index in [1.807, 2.05) is 0 Å². The molecule has 2 N–H and O–H groups in total. The predicted octanol–water partition coefficient (Wildman–Crippen LogP) is 1.58. The van der Waals surface area contributed by atoms with Crippen molar-refractivity contribution < 1.29 is 4.74 Å². The number of hydrogen-bond acceptors (Lipinski definition) is 3. The van der Waals surface area contributed by atoms with Crippen LogP contribution in [0, 0.1) is 6.92 Å². The summed E-state index contributed by atoms with van der Waals surface area (Å²) in [6.07, 6.45) is 1.28. The van der Waals surface area contributed by atoms with Gasteiger partial charge in [-0.1, -0.05) is 17.7 Å². The van der Waals surface area contributed by atoms with Gasteiger partial charge in [0.1, 0.15) is 11.9 Å². The second-order valence-corrected chi connectivity index (χ2v) is 5.08. The van der Waals surface area contributed by atoms with E-state index in [2.05, 4.69) is 44.0 Å². The molecule has 0 spiro atoms. The molecule has 0 saturated carbocycles. The Kier molecular flexibility index (Phi) is 3.69. The van der Waals surface area contributed by atoms with Crippen LogP contribution in [0.1, 0.15) is 18.1 Å². The highest BCUT2D eigenvalue weighted by Gasteiger charge is 2.24. The summed E-state index contributed by atoms with van der Waals surface area (Å²) < 4.78 is 5.94. The molecule has 2 unspecified atom stereocenters. The first-order chi connectivity index (χ1) is 8.10. The lowest BCUT2D eigenvalue weighted by Gasteiger charge is -2.25. The number of nitrogens with two attached hydrogens (primary N) is 1. The fourth-order valence-corrected chi connectivity index (χ4v) is 2.23. The molecule has 0 saturated heterocycles. The Morgan fingerprint density at radius 2 is 2.29 bits per heavy atom. The average Bonchev–Trinajstić information content (AvgIpc) is 2.69. The van der Waals surface area contributed by atoms with Crippen molar-refractivity contribution in [3.8, 4) is 5.75 Å². The fraction of sp³-hybridized carbons (Fsp3) is 0.571. The topological polar surface area (TPSA) is 38.5 Å². The van der Waals surface area contributed by atoms with Gasteiger partial charge in [-0.3, -0.25) is 4.90 Å². The van der Waals surface area contributed by atoms with E-state index in [0.717, 1.165) is 18.7 Å². The molecule has 3 nitrogen and oxygen atoms in total. The van der Waals surface area contributed by atoms with Crippen molar-refractivity contribution in [2.24, 2.45) is 5.73 Å². The van der Waals surface area contributed by atoms with E-state index in [-0.39, 0.29) is 6.10 Å². The SMILES string of the molecule is Cc1ccc2c(c1)CC(CN(C)C(C)CN)O2. The minimum Gasteiger partial charge on any atom is -0.488 e. The molecule has 17 heavy (non-hydrogen) atoms. The highest BCUT2D eigenvalue weighted by atomic mass is 16.5. The van der Waals surface area contributed by atoms with E-state index in [0.29, 0.717) is 12.6 Å². The molecule has 1 heterocycles. The van der Waals surface area contributed by atoms with Gasteiger partial charge in [-0.15, -0.1) is 0 Å². The Morgan fingerprint density at radius 1 is 1.53 bits per heavy atom. The first-order valence-electron chi connectivity index (χ1n) is 6.26. The minimum absolute atomic E-state index is 0.269. The monoisotopic (exact) mass is 234 g/mol. The van der Waals surface area contributed by atoms with Gasteiger partial charge in [-0.05, 0) is 32.5 Å². The highest BCUT2D eigenvalue weighted by Crippen LogP contribution is 2.29. The van der Waals surface area contributed by atoms with Crippen LogP contribution in [-0.4, -0.2) is 37.2 Å². The lowest BCUT2D eigenvalue weighted by atomic mass is 10.1. The predicted molar refractivity (Wildman–Crippen MR) is 70.4 cm³/mol. The van der Waals surface area contributed by atoms with Crippen molar-refractivity contribution in [2.75, 3.05) is 20.1 Å². The van der Waals surface area contributed by atoms with Crippen molar-refractivity contribution in [3.05, 3.63) is 29.3 Å². The molecule has 0 radical (unpaired) electrons. The largest absolute Gasteiger partial charge is 0.488 e. The van der Waals surface area contributed by atoms with E-state index < -0.39 is 0 Å². The minimum atomic E-state index is 0.269. The standard InChI is InChI=1S/C14H22N2O/c1-10-4-5-14-12(6-10)7-13(17-14)9-16(3)11(2)8-15/h4-6,11,13H,7-9,15H2,1-3H3. The van der Waals surface area contributed by atoms with Crippen molar-refractivity contribution in [3.63, 3.8) is 0 Å². The zero-order chi connectivity index (χ0) is 12.4. The van der Waals surface area contributed by atoms with Crippen LogP contribution in [0.3, 0.4) is 0 Å². The van der Waals surface area contributed by atoms with Crippen LogP contribution >= 0.6 is 0 Å². The summed E-state index contributed by atoms with van der Waals surface area (Å²) in [5, 5.41) is 0. The Hall–Kier alpha value is -1.06. The van der Waals surface area contributed by atoms with Crippen LogP contribution < -0.4 is 10.5 Å². The lowest BCUT2D eigenvalue weighted by molar-refractivity contribution is 0.146. The number of likely N-dealkylation sites (N-methyl/N-ethyl adjacent to an activating group) is 1. The fourth-order valence-electron chi connectivity index (χ4n) is 2.23. The van der Waals surface area contributed by atoms with Crippen LogP contribution in [0.2, 0.25) is 0 Å². The van der Waals surface area contributed by atoms with Gasteiger partial charge in [0.25, 0.3) is 0 Å². The van der Waals surface area contributed by atoms with Crippen LogP contribution in [-0.2, 0) is 6.42 Å². The van der Waals surface area contributed by atoms with Gasteiger partial charge in [-0.25, -0.2) is 0 Å². The average molecular weight is 234 g/mol. The van der Waals surface area contributed by atoms with Crippen LogP contribution in [0.25, 0.3) is 0 Å². The summed E-state index contributed by atoms with van der Waals surface area (Å²) in [5.41, 5.74) is 8.31. The molecule has 2 rings (SSSR count). The van der Waals surface area contributed by atoms with Crippen molar-refractivity contribution in [1.82, 2.24) is 4.90 Å². The maximum atomic E-state index is 5.94. The number of benzene rings is 1.